The highest BCUT2D eigenvalue weighted by atomic mass is 32.2. The van der Waals surface area contributed by atoms with Crippen LogP contribution in [0.25, 0.3) is 0 Å². The minimum Gasteiger partial charge on any atom is -0.360 e. The number of nitrogens with zero attached hydrogens (tertiary/aromatic N) is 3. The Morgan fingerprint density at radius 3 is 2.50 bits per heavy atom. The van der Waals surface area contributed by atoms with Crippen LogP contribution in [0.4, 0.5) is 0 Å². The lowest BCUT2D eigenvalue weighted by Gasteiger charge is -2.34. The molecule has 1 aromatic heterocycles. The van der Waals surface area contributed by atoms with Crippen LogP contribution in [-0.4, -0.2) is 60.1 Å². The second-order valence-corrected chi connectivity index (χ2v) is 9.80. The standard InChI is InChI=1S/C27H34N4O2S/c1-22-19-24(33-29-22)21-34-26-12-6-5-11-25(26)27(32)28-13-7-8-14-30-15-17-31(18-16-30)20-23-9-3-2-4-10-23/h2-6,9-12,19H,7-8,13-18,20-21H2,1H3,(H,28,32). The molecule has 34 heavy (non-hydrogen) atoms. The molecule has 6 nitrogen and oxygen atoms in total. The lowest BCUT2D eigenvalue weighted by atomic mass is 10.2. The first-order valence-electron chi connectivity index (χ1n) is 12.1. The van der Waals surface area contributed by atoms with Gasteiger partial charge in [-0.05, 0) is 44.0 Å². The zero-order chi connectivity index (χ0) is 23.6. The first kappa shape index (κ1) is 24.5. The predicted octanol–water partition coefficient (Wildman–Crippen LogP) is 4.60. The third-order valence-corrected chi connectivity index (χ3v) is 7.17. The molecule has 0 radical (unpaired) electrons. The van der Waals surface area contributed by atoms with Crippen molar-refractivity contribution in [3.8, 4) is 0 Å². The van der Waals surface area contributed by atoms with Crippen molar-refractivity contribution in [2.24, 2.45) is 0 Å². The van der Waals surface area contributed by atoms with E-state index in [4.69, 9.17) is 4.52 Å². The number of aromatic nitrogens is 1. The number of aryl methyl sites for hydroxylation is 1. The van der Waals surface area contributed by atoms with E-state index < -0.39 is 0 Å². The molecule has 1 aliphatic heterocycles. The van der Waals surface area contributed by atoms with Gasteiger partial charge < -0.3 is 14.7 Å². The summed E-state index contributed by atoms with van der Waals surface area (Å²) in [5.74, 6) is 1.47. The highest BCUT2D eigenvalue weighted by Gasteiger charge is 2.17. The number of piperazine rings is 1. The molecule has 7 heteroatoms. The summed E-state index contributed by atoms with van der Waals surface area (Å²) < 4.78 is 5.28. The second kappa shape index (κ2) is 12.7. The van der Waals surface area contributed by atoms with Crippen LogP contribution in [0.3, 0.4) is 0 Å². The fraction of sp³-hybridized carbons (Fsp3) is 0.407. The van der Waals surface area contributed by atoms with E-state index >= 15 is 0 Å². The lowest BCUT2D eigenvalue weighted by Crippen LogP contribution is -2.46. The van der Waals surface area contributed by atoms with E-state index in [0.717, 1.165) is 74.0 Å². The zero-order valence-corrected chi connectivity index (χ0v) is 20.7. The number of carbonyl (C=O) groups excluding carboxylic acids is 1. The third kappa shape index (κ3) is 7.45. The number of thioether (sulfide) groups is 1. The molecular formula is C27H34N4O2S. The smallest absolute Gasteiger partial charge is 0.252 e. The molecule has 2 heterocycles. The maximum atomic E-state index is 12.8. The number of unbranched alkanes of at least 4 members (excludes halogenated alkanes) is 1. The molecule has 3 aromatic rings. The van der Waals surface area contributed by atoms with Crippen LogP contribution in [-0.2, 0) is 12.3 Å². The summed E-state index contributed by atoms with van der Waals surface area (Å²) in [5.41, 5.74) is 2.98. The van der Waals surface area contributed by atoms with Crippen molar-refractivity contribution in [3.05, 3.63) is 83.2 Å². The summed E-state index contributed by atoms with van der Waals surface area (Å²) in [4.78, 5) is 18.8. The Labute approximate surface area is 206 Å². The van der Waals surface area contributed by atoms with Gasteiger partial charge in [0.2, 0.25) is 0 Å². The maximum Gasteiger partial charge on any atom is 0.252 e. The quantitative estimate of drug-likeness (QED) is 0.321. The fourth-order valence-electron chi connectivity index (χ4n) is 4.18. The molecule has 180 valence electrons. The van der Waals surface area contributed by atoms with E-state index in [1.54, 1.807) is 11.8 Å². The molecular weight excluding hydrogens is 444 g/mol. The summed E-state index contributed by atoms with van der Waals surface area (Å²) >= 11 is 1.60. The fourth-order valence-corrected chi connectivity index (χ4v) is 5.11. The van der Waals surface area contributed by atoms with Gasteiger partial charge in [0.1, 0.15) is 5.76 Å². The molecule has 0 aliphatic carbocycles. The van der Waals surface area contributed by atoms with Gasteiger partial charge in [-0.25, -0.2) is 0 Å². The summed E-state index contributed by atoms with van der Waals surface area (Å²) in [5, 5.41) is 7.02. The Morgan fingerprint density at radius 1 is 1.00 bits per heavy atom. The predicted molar refractivity (Wildman–Crippen MR) is 137 cm³/mol. The minimum absolute atomic E-state index is 0.00798. The number of rotatable bonds is 11. The largest absolute Gasteiger partial charge is 0.360 e. The van der Waals surface area contributed by atoms with Gasteiger partial charge in [0.25, 0.3) is 5.91 Å². The van der Waals surface area contributed by atoms with Crippen LogP contribution in [0.1, 0.15) is 40.2 Å². The van der Waals surface area contributed by atoms with Gasteiger partial charge >= 0.3 is 0 Å². The number of hydrogen-bond acceptors (Lipinski definition) is 6. The Morgan fingerprint density at radius 2 is 1.74 bits per heavy atom. The van der Waals surface area contributed by atoms with Crippen molar-refractivity contribution in [2.45, 2.75) is 37.0 Å². The Hall–Kier alpha value is -2.61. The zero-order valence-electron chi connectivity index (χ0n) is 19.9. The van der Waals surface area contributed by atoms with Crippen LogP contribution < -0.4 is 5.32 Å². The van der Waals surface area contributed by atoms with Crippen molar-refractivity contribution in [1.82, 2.24) is 20.3 Å². The van der Waals surface area contributed by atoms with Crippen molar-refractivity contribution in [2.75, 3.05) is 39.3 Å². The van der Waals surface area contributed by atoms with E-state index in [-0.39, 0.29) is 5.91 Å². The molecule has 0 spiro atoms. The molecule has 1 N–H and O–H groups in total. The number of hydrogen-bond donors (Lipinski definition) is 1. The minimum atomic E-state index is -0.00798. The highest BCUT2D eigenvalue weighted by Crippen LogP contribution is 2.26. The van der Waals surface area contributed by atoms with Crippen LogP contribution >= 0.6 is 11.8 Å². The molecule has 0 bridgehead atoms. The van der Waals surface area contributed by atoms with Gasteiger partial charge in [0.05, 0.1) is 17.0 Å². The molecule has 4 rings (SSSR count). The van der Waals surface area contributed by atoms with E-state index in [9.17, 15) is 4.79 Å². The highest BCUT2D eigenvalue weighted by molar-refractivity contribution is 7.98. The number of amides is 1. The van der Waals surface area contributed by atoms with Gasteiger partial charge in [-0.15, -0.1) is 11.8 Å². The van der Waals surface area contributed by atoms with Gasteiger partial charge in [0.15, 0.2) is 0 Å². The van der Waals surface area contributed by atoms with Gasteiger partial charge in [0, 0.05) is 50.2 Å². The second-order valence-electron chi connectivity index (χ2n) is 8.79. The van der Waals surface area contributed by atoms with Crippen LogP contribution in [0, 0.1) is 6.92 Å². The Kier molecular flexibility index (Phi) is 9.19. The number of carbonyl (C=O) groups is 1. The molecule has 1 aliphatic rings. The van der Waals surface area contributed by atoms with Crippen molar-refractivity contribution in [3.63, 3.8) is 0 Å². The molecule has 0 unspecified atom stereocenters. The average molecular weight is 479 g/mol. The maximum absolute atomic E-state index is 12.8. The SMILES string of the molecule is Cc1cc(CSc2ccccc2C(=O)NCCCCN2CCN(Cc3ccccc3)CC2)on1. The topological polar surface area (TPSA) is 61.6 Å². The average Bonchev–Trinajstić information content (AvgIpc) is 3.29. The summed E-state index contributed by atoms with van der Waals surface area (Å²) in [6.45, 7) is 9.22. The summed E-state index contributed by atoms with van der Waals surface area (Å²) in [6.07, 6.45) is 2.09. The van der Waals surface area contributed by atoms with E-state index in [1.807, 2.05) is 37.3 Å². The third-order valence-electron chi connectivity index (χ3n) is 6.08. The first-order valence-corrected chi connectivity index (χ1v) is 13.1. The van der Waals surface area contributed by atoms with Crippen LogP contribution in [0.15, 0.2) is 70.1 Å². The van der Waals surface area contributed by atoms with Crippen LogP contribution in [0.5, 0.6) is 0 Å². The van der Waals surface area contributed by atoms with Crippen molar-refractivity contribution >= 4 is 17.7 Å². The lowest BCUT2D eigenvalue weighted by molar-refractivity contribution is 0.0948. The van der Waals surface area contributed by atoms with E-state index in [0.29, 0.717) is 12.3 Å². The number of nitrogens with one attached hydrogen (secondary N) is 1. The molecule has 0 saturated carbocycles. The molecule has 1 saturated heterocycles. The monoisotopic (exact) mass is 478 g/mol. The summed E-state index contributed by atoms with van der Waals surface area (Å²) in [6, 6.07) is 20.4. The first-order chi connectivity index (χ1) is 16.7. The Bertz CT molecular complexity index is 1030. The van der Waals surface area contributed by atoms with Crippen molar-refractivity contribution in [1.29, 1.82) is 0 Å². The normalized spacial score (nSPS) is 14.9. The Balaban J connectivity index is 1.12. The van der Waals surface area contributed by atoms with Crippen LogP contribution in [0.2, 0.25) is 0 Å². The summed E-state index contributed by atoms with van der Waals surface area (Å²) in [7, 11) is 0. The number of benzene rings is 2. The van der Waals surface area contributed by atoms with Gasteiger partial charge in [-0.3, -0.25) is 9.69 Å². The van der Waals surface area contributed by atoms with Crippen molar-refractivity contribution < 1.29 is 9.32 Å². The molecule has 1 fully saturated rings. The van der Waals surface area contributed by atoms with E-state index in [2.05, 4.69) is 50.6 Å². The molecule has 2 aromatic carbocycles. The van der Waals surface area contributed by atoms with E-state index in [1.165, 1.54) is 5.56 Å². The molecule has 1 amide bonds. The van der Waals surface area contributed by atoms with Gasteiger partial charge in [-0.1, -0.05) is 47.6 Å². The molecule has 0 atom stereocenters. The van der Waals surface area contributed by atoms with Gasteiger partial charge in [-0.2, -0.15) is 0 Å².